The molecule has 4 nitrogen and oxygen atoms in total. The van der Waals surface area contributed by atoms with Crippen molar-refractivity contribution < 1.29 is 0 Å². The van der Waals surface area contributed by atoms with Gasteiger partial charge in [-0.25, -0.2) is 9.50 Å². The summed E-state index contributed by atoms with van der Waals surface area (Å²) in [6.45, 7) is 0. The normalized spacial score (nSPS) is 10.8. The van der Waals surface area contributed by atoms with Crippen LogP contribution < -0.4 is 0 Å². The summed E-state index contributed by atoms with van der Waals surface area (Å²) in [7, 11) is 0. The summed E-state index contributed by atoms with van der Waals surface area (Å²) in [5.74, 6) is 0. The zero-order chi connectivity index (χ0) is 11.0. The van der Waals surface area contributed by atoms with Crippen LogP contribution in [0.5, 0.6) is 0 Å². The van der Waals surface area contributed by atoms with Gasteiger partial charge in [0.1, 0.15) is 3.70 Å². The van der Waals surface area contributed by atoms with E-state index in [0.29, 0.717) is 0 Å². The number of nitrogens with zero attached hydrogens (tertiary/aromatic N) is 4. The molecule has 0 bridgehead atoms. The van der Waals surface area contributed by atoms with Gasteiger partial charge >= 0.3 is 0 Å². The molecule has 0 unspecified atom stereocenters. The Morgan fingerprint density at radius 1 is 1.12 bits per heavy atom. The largest absolute Gasteiger partial charge is 0.264 e. The van der Waals surface area contributed by atoms with E-state index in [4.69, 9.17) is 0 Å². The minimum atomic E-state index is 0.847. The lowest BCUT2D eigenvalue weighted by atomic mass is 10.2. The van der Waals surface area contributed by atoms with Crippen molar-refractivity contribution in [3.63, 3.8) is 0 Å². The van der Waals surface area contributed by atoms with Crippen molar-refractivity contribution in [2.24, 2.45) is 0 Å². The smallest absolute Gasteiger partial charge is 0.154 e. The van der Waals surface area contributed by atoms with E-state index in [0.717, 1.165) is 20.6 Å². The van der Waals surface area contributed by atoms with Crippen molar-refractivity contribution in [3.8, 4) is 11.3 Å². The maximum Gasteiger partial charge on any atom is 0.154 e. The second kappa shape index (κ2) is 3.82. The van der Waals surface area contributed by atoms with Crippen molar-refractivity contribution >= 4 is 28.2 Å². The Hall–Kier alpha value is -1.50. The number of rotatable bonds is 1. The van der Waals surface area contributed by atoms with Gasteiger partial charge in [0.2, 0.25) is 0 Å². The fraction of sp³-hybridized carbons (Fsp3) is 0. The number of hydrogen-bond donors (Lipinski definition) is 0. The Morgan fingerprint density at radius 3 is 2.88 bits per heavy atom. The highest BCUT2D eigenvalue weighted by molar-refractivity contribution is 14.1. The van der Waals surface area contributed by atoms with Gasteiger partial charge in [-0.05, 0) is 46.9 Å². The lowest BCUT2D eigenvalue weighted by Crippen LogP contribution is -1.95. The molecular formula is C11H7IN4. The predicted octanol–water partition coefficient (Wildman–Crippen LogP) is 2.40. The second-order valence-corrected chi connectivity index (χ2v) is 4.42. The Balaban J connectivity index is 2.29. The van der Waals surface area contributed by atoms with E-state index >= 15 is 0 Å². The molecule has 0 aromatic carbocycles. The first-order valence-corrected chi connectivity index (χ1v) is 5.83. The molecule has 0 saturated carbocycles. The first kappa shape index (κ1) is 9.71. The zero-order valence-corrected chi connectivity index (χ0v) is 10.4. The van der Waals surface area contributed by atoms with Crippen LogP contribution >= 0.6 is 22.6 Å². The van der Waals surface area contributed by atoms with Crippen LogP contribution in [0.25, 0.3) is 16.9 Å². The number of hydrogen-bond acceptors (Lipinski definition) is 3. The van der Waals surface area contributed by atoms with Crippen LogP contribution in [0.2, 0.25) is 0 Å². The molecule has 3 aromatic heterocycles. The van der Waals surface area contributed by atoms with E-state index in [2.05, 4.69) is 37.7 Å². The van der Waals surface area contributed by atoms with Crippen LogP contribution in [0.3, 0.4) is 0 Å². The molecule has 0 amide bonds. The van der Waals surface area contributed by atoms with E-state index in [1.165, 1.54) is 0 Å². The maximum absolute atomic E-state index is 4.43. The molecule has 3 heterocycles. The van der Waals surface area contributed by atoms with Crippen molar-refractivity contribution in [2.45, 2.75) is 0 Å². The van der Waals surface area contributed by atoms with E-state index in [9.17, 15) is 0 Å². The third kappa shape index (κ3) is 1.57. The van der Waals surface area contributed by atoms with Crippen molar-refractivity contribution in [1.82, 2.24) is 19.6 Å². The number of imidazole rings is 1. The van der Waals surface area contributed by atoms with Gasteiger partial charge in [0.25, 0.3) is 0 Å². The molecule has 0 saturated heterocycles. The Bertz CT molecular complexity index is 633. The Morgan fingerprint density at radius 2 is 2.06 bits per heavy atom. The highest BCUT2D eigenvalue weighted by atomic mass is 127. The lowest BCUT2D eigenvalue weighted by molar-refractivity contribution is 0.920. The minimum absolute atomic E-state index is 0.847. The molecule has 0 atom stereocenters. The van der Waals surface area contributed by atoms with Crippen LogP contribution in [0, 0.1) is 3.70 Å². The van der Waals surface area contributed by atoms with E-state index < -0.39 is 0 Å². The highest BCUT2D eigenvalue weighted by Gasteiger charge is 2.06. The van der Waals surface area contributed by atoms with Gasteiger partial charge in [0, 0.05) is 18.0 Å². The number of pyridine rings is 1. The van der Waals surface area contributed by atoms with Gasteiger partial charge in [0.05, 0.1) is 11.9 Å². The standard InChI is InChI=1S/C11H7IN4/c12-10-3-4-11-14-7-9(16(11)15-10)8-2-1-5-13-6-8/h1-7H. The molecule has 0 fully saturated rings. The van der Waals surface area contributed by atoms with E-state index in [-0.39, 0.29) is 0 Å². The monoisotopic (exact) mass is 322 g/mol. The molecule has 0 aliphatic carbocycles. The highest BCUT2D eigenvalue weighted by Crippen LogP contribution is 2.18. The van der Waals surface area contributed by atoms with Gasteiger partial charge in [-0.1, -0.05) is 0 Å². The van der Waals surface area contributed by atoms with Gasteiger partial charge in [-0.2, -0.15) is 5.10 Å². The molecule has 3 rings (SSSR count). The van der Waals surface area contributed by atoms with Gasteiger partial charge < -0.3 is 0 Å². The molecule has 0 radical (unpaired) electrons. The molecule has 5 heteroatoms. The van der Waals surface area contributed by atoms with E-state index in [1.54, 1.807) is 6.20 Å². The summed E-state index contributed by atoms with van der Waals surface area (Å²) in [5, 5.41) is 4.43. The summed E-state index contributed by atoms with van der Waals surface area (Å²) < 4.78 is 2.77. The molecule has 0 aliphatic rings. The maximum atomic E-state index is 4.43. The van der Waals surface area contributed by atoms with Gasteiger partial charge in [0.15, 0.2) is 5.65 Å². The Kier molecular flexibility index (Phi) is 2.32. The van der Waals surface area contributed by atoms with Crippen molar-refractivity contribution in [3.05, 3.63) is 46.6 Å². The molecule has 0 N–H and O–H groups in total. The summed E-state index contributed by atoms with van der Waals surface area (Å²) in [6.07, 6.45) is 5.38. The fourth-order valence-corrected chi connectivity index (χ4v) is 1.96. The van der Waals surface area contributed by atoms with Gasteiger partial charge in [-0.3, -0.25) is 4.98 Å². The van der Waals surface area contributed by atoms with E-state index in [1.807, 2.05) is 41.2 Å². The first-order chi connectivity index (χ1) is 7.84. The molecule has 0 spiro atoms. The molecule has 0 aliphatic heterocycles. The topological polar surface area (TPSA) is 43.1 Å². The van der Waals surface area contributed by atoms with Crippen molar-refractivity contribution in [2.75, 3.05) is 0 Å². The van der Waals surface area contributed by atoms with Crippen LogP contribution in [0.4, 0.5) is 0 Å². The number of halogens is 1. The van der Waals surface area contributed by atoms with Crippen LogP contribution in [0.1, 0.15) is 0 Å². The van der Waals surface area contributed by atoms with Crippen molar-refractivity contribution in [1.29, 1.82) is 0 Å². The number of aromatic nitrogens is 4. The quantitative estimate of drug-likeness (QED) is 0.646. The Labute approximate surface area is 105 Å². The fourth-order valence-electron chi connectivity index (χ4n) is 1.56. The SMILES string of the molecule is Ic1ccc2ncc(-c3cccnc3)n2n1. The summed E-state index contributed by atoms with van der Waals surface area (Å²) in [4.78, 5) is 8.40. The molecular weight excluding hydrogens is 315 g/mol. The van der Waals surface area contributed by atoms with Crippen LogP contribution in [0.15, 0.2) is 42.9 Å². The van der Waals surface area contributed by atoms with Gasteiger partial charge in [-0.15, -0.1) is 0 Å². The first-order valence-electron chi connectivity index (χ1n) is 4.75. The minimum Gasteiger partial charge on any atom is -0.264 e. The molecule has 78 valence electrons. The van der Waals surface area contributed by atoms with Crippen LogP contribution in [-0.4, -0.2) is 19.6 Å². The average molecular weight is 322 g/mol. The zero-order valence-electron chi connectivity index (χ0n) is 8.21. The summed E-state index contributed by atoms with van der Waals surface area (Å²) >= 11 is 2.19. The lowest BCUT2D eigenvalue weighted by Gasteiger charge is -2.00. The third-order valence-corrected chi connectivity index (χ3v) is 2.86. The average Bonchev–Trinajstić information content (AvgIpc) is 2.73. The summed E-state index contributed by atoms with van der Waals surface area (Å²) in [6, 6.07) is 7.80. The molecule has 3 aromatic rings. The van der Waals surface area contributed by atoms with Crippen LogP contribution in [-0.2, 0) is 0 Å². The summed E-state index contributed by atoms with van der Waals surface area (Å²) in [5.41, 5.74) is 2.82. The molecule has 16 heavy (non-hydrogen) atoms. The third-order valence-electron chi connectivity index (χ3n) is 2.29. The number of fused-ring (bicyclic) bond motifs is 1. The second-order valence-electron chi connectivity index (χ2n) is 3.31. The predicted molar refractivity (Wildman–Crippen MR) is 68.9 cm³/mol.